The van der Waals surface area contributed by atoms with Gasteiger partial charge in [0.1, 0.15) is 17.0 Å². The molecule has 2 heterocycles. The van der Waals surface area contributed by atoms with Crippen LogP contribution in [0.2, 0.25) is 0 Å². The van der Waals surface area contributed by atoms with Gasteiger partial charge in [-0.25, -0.2) is 9.97 Å². The zero-order chi connectivity index (χ0) is 18.1. The molecule has 0 aliphatic carbocycles. The molecule has 7 heteroatoms. The number of nitrogens with zero attached hydrogens (tertiary/aromatic N) is 3. The topological polar surface area (TPSA) is 102 Å². The van der Waals surface area contributed by atoms with E-state index in [1.54, 1.807) is 13.4 Å². The van der Waals surface area contributed by atoms with Crippen molar-refractivity contribution < 1.29 is 4.74 Å². The number of benzene rings is 1. The third kappa shape index (κ3) is 4.90. The molecule has 1 aromatic carbocycles. The highest BCUT2D eigenvalue weighted by molar-refractivity contribution is 5.88. The molecule has 0 aliphatic rings. The lowest BCUT2D eigenvalue weighted by Gasteiger charge is -2.08. The van der Waals surface area contributed by atoms with Gasteiger partial charge in [-0.05, 0) is 37.2 Å². The van der Waals surface area contributed by atoms with Crippen molar-refractivity contribution in [2.45, 2.75) is 26.7 Å². The van der Waals surface area contributed by atoms with E-state index < -0.39 is 0 Å². The highest BCUT2D eigenvalue weighted by Gasteiger charge is 2.11. The van der Waals surface area contributed by atoms with Gasteiger partial charge in [0.05, 0.1) is 13.4 Å². The number of imidazole rings is 1. The Kier molecular flexibility index (Phi) is 7.16. The van der Waals surface area contributed by atoms with Crippen LogP contribution < -0.4 is 15.8 Å². The molecule has 4 N–H and O–H groups in total. The normalized spacial score (nSPS) is 10.2. The minimum absolute atomic E-state index is 0.555. The quantitative estimate of drug-likeness (QED) is 0.595. The predicted molar refractivity (Wildman–Crippen MR) is 102 cm³/mol. The summed E-state index contributed by atoms with van der Waals surface area (Å²) in [4.78, 5) is 16.3. The highest BCUT2D eigenvalue weighted by atomic mass is 16.5. The van der Waals surface area contributed by atoms with Crippen molar-refractivity contribution >= 4 is 17.1 Å². The summed E-state index contributed by atoms with van der Waals surface area (Å²) in [5.74, 6) is 1.36. The zero-order valence-corrected chi connectivity index (χ0v) is 15.0. The van der Waals surface area contributed by atoms with Crippen molar-refractivity contribution in [3.63, 3.8) is 0 Å². The van der Waals surface area contributed by atoms with Gasteiger partial charge in [-0.3, -0.25) is 0 Å². The molecule has 0 saturated heterocycles. The number of rotatable bonds is 6. The second-order valence-corrected chi connectivity index (χ2v) is 5.50. The third-order valence-corrected chi connectivity index (χ3v) is 3.31. The number of nitrogens with one attached hydrogen (secondary N) is 2. The molecule has 0 spiro atoms. The zero-order valence-electron chi connectivity index (χ0n) is 15.0. The van der Waals surface area contributed by atoms with E-state index in [-0.39, 0.29) is 0 Å². The summed E-state index contributed by atoms with van der Waals surface area (Å²) < 4.78 is 5.19. The number of methoxy groups -OCH3 is 1. The van der Waals surface area contributed by atoms with Crippen LogP contribution in [0.5, 0.6) is 5.75 Å². The van der Waals surface area contributed by atoms with Gasteiger partial charge in [0, 0.05) is 12.1 Å². The molecule has 25 heavy (non-hydrogen) atoms. The molecule has 0 radical (unpaired) electrons. The van der Waals surface area contributed by atoms with Crippen LogP contribution in [0.15, 0.2) is 30.6 Å². The van der Waals surface area contributed by atoms with Crippen molar-refractivity contribution in [3.8, 4) is 17.0 Å². The molecule has 3 aromatic rings. The second-order valence-electron chi connectivity index (χ2n) is 5.50. The van der Waals surface area contributed by atoms with Crippen LogP contribution in [0.4, 0.5) is 5.95 Å². The summed E-state index contributed by atoms with van der Waals surface area (Å²) in [5, 5.41) is 3.18. The number of hydrogen-bond acceptors (Lipinski definition) is 6. The van der Waals surface area contributed by atoms with Gasteiger partial charge in [-0.1, -0.05) is 20.3 Å². The number of nitrogens with two attached hydrogens (primary N) is 1. The molecular weight excluding hydrogens is 316 g/mol. The molecule has 0 atom stereocenters. The third-order valence-electron chi connectivity index (χ3n) is 3.31. The minimum atomic E-state index is 0.555. The number of aromatic amines is 1. The summed E-state index contributed by atoms with van der Waals surface area (Å²) in [6, 6.07) is 7.73. The van der Waals surface area contributed by atoms with Crippen molar-refractivity contribution in [2.24, 2.45) is 5.73 Å². The number of H-pyrrole nitrogens is 1. The van der Waals surface area contributed by atoms with Crippen LogP contribution in [0.3, 0.4) is 0 Å². The van der Waals surface area contributed by atoms with Gasteiger partial charge < -0.3 is 20.8 Å². The van der Waals surface area contributed by atoms with Gasteiger partial charge in [0.25, 0.3) is 0 Å². The maximum Gasteiger partial charge on any atom is 0.225 e. The Morgan fingerprint density at radius 3 is 2.52 bits per heavy atom. The van der Waals surface area contributed by atoms with E-state index in [2.05, 4.69) is 39.1 Å². The Morgan fingerprint density at radius 2 is 1.88 bits per heavy atom. The number of hydrogen-bond donors (Lipinski definition) is 3. The Balaban J connectivity index is 0.000000701. The van der Waals surface area contributed by atoms with Gasteiger partial charge in [0.15, 0.2) is 5.65 Å². The molecule has 134 valence electrons. The average Bonchev–Trinajstić information content (AvgIpc) is 3.11. The maximum atomic E-state index is 5.50. The Morgan fingerprint density at radius 1 is 1.16 bits per heavy atom. The summed E-state index contributed by atoms with van der Waals surface area (Å²) in [6.07, 6.45) is 3.73. The van der Waals surface area contributed by atoms with Crippen LogP contribution in [0.25, 0.3) is 22.4 Å². The van der Waals surface area contributed by atoms with Crippen LogP contribution in [-0.4, -0.2) is 40.1 Å². The minimum Gasteiger partial charge on any atom is -0.497 e. The van der Waals surface area contributed by atoms with E-state index >= 15 is 0 Å². The monoisotopic (exact) mass is 342 g/mol. The summed E-state index contributed by atoms with van der Waals surface area (Å²) >= 11 is 0. The smallest absolute Gasteiger partial charge is 0.225 e. The summed E-state index contributed by atoms with van der Waals surface area (Å²) in [5.41, 5.74) is 8.73. The Bertz CT molecular complexity index is 769. The average molecular weight is 342 g/mol. The van der Waals surface area contributed by atoms with Crippen LogP contribution in [0.1, 0.15) is 26.7 Å². The lowest BCUT2D eigenvalue weighted by molar-refractivity contribution is 0.415. The maximum absolute atomic E-state index is 5.50. The van der Waals surface area contributed by atoms with E-state index in [1.807, 2.05) is 24.3 Å². The van der Waals surface area contributed by atoms with Crippen molar-refractivity contribution in [1.82, 2.24) is 19.9 Å². The first kappa shape index (κ1) is 18.7. The van der Waals surface area contributed by atoms with E-state index in [0.717, 1.165) is 35.5 Å². The highest BCUT2D eigenvalue weighted by Crippen LogP contribution is 2.26. The molecule has 0 unspecified atom stereocenters. The van der Waals surface area contributed by atoms with Crippen molar-refractivity contribution in [3.05, 3.63) is 30.6 Å². The summed E-state index contributed by atoms with van der Waals surface area (Å²) in [6.45, 7) is 5.61. The van der Waals surface area contributed by atoms with Gasteiger partial charge in [0.2, 0.25) is 5.95 Å². The standard InChI is InChI=1S/C15H18N6O.C3H8/c1-22-11-5-3-10(4-6-11)12-13-14(19-9-18-13)21-15(20-12)17-8-2-7-16;1-3-2/h3-6,9H,2,7-8,16H2,1H3,(H2,17,18,19,20,21);3H2,1-2H3. The Labute approximate surface area is 148 Å². The molecular formula is C18H26N6O. The molecule has 0 fully saturated rings. The first-order chi connectivity index (χ1) is 12.2. The van der Waals surface area contributed by atoms with E-state index in [1.165, 1.54) is 6.42 Å². The second kappa shape index (κ2) is 9.58. The molecule has 0 amide bonds. The molecule has 7 nitrogen and oxygen atoms in total. The van der Waals surface area contributed by atoms with E-state index in [9.17, 15) is 0 Å². The van der Waals surface area contributed by atoms with Crippen molar-refractivity contribution in [1.29, 1.82) is 0 Å². The van der Waals surface area contributed by atoms with E-state index in [0.29, 0.717) is 18.1 Å². The van der Waals surface area contributed by atoms with Crippen LogP contribution in [-0.2, 0) is 0 Å². The summed E-state index contributed by atoms with van der Waals surface area (Å²) in [7, 11) is 1.65. The first-order valence-corrected chi connectivity index (χ1v) is 8.52. The van der Waals surface area contributed by atoms with Crippen LogP contribution >= 0.6 is 0 Å². The molecule has 0 saturated carbocycles. The van der Waals surface area contributed by atoms with E-state index in [4.69, 9.17) is 10.5 Å². The van der Waals surface area contributed by atoms with Crippen LogP contribution in [0, 0.1) is 0 Å². The number of fused-ring (bicyclic) bond motifs is 1. The number of ether oxygens (including phenoxy) is 1. The molecule has 0 aliphatic heterocycles. The van der Waals surface area contributed by atoms with Gasteiger partial charge in [-0.15, -0.1) is 0 Å². The predicted octanol–water partition coefficient (Wildman–Crippen LogP) is 3.21. The molecule has 3 rings (SSSR count). The fourth-order valence-electron chi connectivity index (χ4n) is 2.17. The fourth-order valence-corrected chi connectivity index (χ4v) is 2.17. The lowest BCUT2D eigenvalue weighted by Crippen LogP contribution is -2.10. The van der Waals surface area contributed by atoms with Gasteiger partial charge in [-0.2, -0.15) is 4.98 Å². The number of anilines is 1. The largest absolute Gasteiger partial charge is 0.497 e. The van der Waals surface area contributed by atoms with Gasteiger partial charge >= 0.3 is 0 Å². The number of aromatic nitrogens is 4. The van der Waals surface area contributed by atoms with Crippen molar-refractivity contribution in [2.75, 3.05) is 25.5 Å². The lowest BCUT2D eigenvalue weighted by atomic mass is 10.1. The first-order valence-electron chi connectivity index (χ1n) is 8.52. The SMILES string of the molecule is CCC.COc1ccc(-c2nc(NCCCN)nc3nc[nH]c23)cc1. The molecule has 0 bridgehead atoms. The Hall–Kier alpha value is -2.67. The molecule has 2 aromatic heterocycles. The fraction of sp³-hybridized carbons (Fsp3) is 0.389.